The quantitative estimate of drug-likeness (QED) is 0.516. The molecule has 7 heteroatoms. The van der Waals surface area contributed by atoms with Gasteiger partial charge in [0.25, 0.3) is 11.1 Å². The molecule has 35 heavy (non-hydrogen) atoms. The molecule has 2 aromatic rings. The van der Waals surface area contributed by atoms with Crippen molar-refractivity contribution in [1.29, 1.82) is 0 Å². The number of thioether (sulfide) groups is 1. The molecule has 2 aliphatic heterocycles. The molecule has 0 aliphatic carbocycles. The fraction of sp³-hybridized carbons (Fsp3) is 0.321. The second-order valence-electron chi connectivity index (χ2n) is 9.90. The highest BCUT2D eigenvalue weighted by Gasteiger charge is 2.37. The third-order valence-corrected chi connectivity index (χ3v) is 7.13. The zero-order chi connectivity index (χ0) is 25.5. The van der Waals surface area contributed by atoms with Gasteiger partial charge >= 0.3 is 0 Å². The van der Waals surface area contributed by atoms with E-state index < -0.39 is 17.1 Å². The van der Waals surface area contributed by atoms with Gasteiger partial charge in [0.15, 0.2) is 0 Å². The minimum absolute atomic E-state index is 0.103. The molecular weight excluding hydrogens is 458 g/mol. The van der Waals surface area contributed by atoms with Gasteiger partial charge in [-0.2, -0.15) is 0 Å². The van der Waals surface area contributed by atoms with Crippen molar-refractivity contribution in [3.63, 3.8) is 0 Å². The average molecular weight is 490 g/mol. The van der Waals surface area contributed by atoms with Gasteiger partial charge in [-0.1, -0.05) is 29.8 Å². The molecule has 2 heterocycles. The predicted octanol–water partition coefficient (Wildman–Crippen LogP) is 6.08. The van der Waals surface area contributed by atoms with Gasteiger partial charge in [0.1, 0.15) is 6.54 Å². The molecule has 0 bridgehead atoms. The van der Waals surface area contributed by atoms with Crippen LogP contribution in [0.1, 0.15) is 51.3 Å². The van der Waals surface area contributed by atoms with E-state index in [2.05, 4.69) is 63.0 Å². The lowest BCUT2D eigenvalue weighted by Crippen LogP contribution is -2.49. The minimum atomic E-state index is -0.450. The summed E-state index contributed by atoms with van der Waals surface area (Å²) in [5.41, 5.74) is 5.89. The molecule has 4 rings (SSSR count). The lowest BCUT2D eigenvalue weighted by Gasteiger charge is -2.46. The number of nitrogens with one attached hydrogen (secondary N) is 1. The highest BCUT2D eigenvalue weighted by Crippen LogP contribution is 2.41. The Morgan fingerprint density at radius 1 is 1.09 bits per heavy atom. The molecular formula is C28H31N3O3S. The van der Waals surface area contributed by atoms with Crippen molar-refractivity contribution in [3.8, 4) is 0 Å². The van der Waals surface area contributed by atoms with E-state index in [0.29, 0.717) is 16.6 Å². The normalized spacial score (nSPS) is 18.3. The van der Waals surface area contributed by atoms with Crippen molar-refractivity contribution in [2.45, 2.75) is 53.1 Å². The maximum absolute atomic E-state index is 12.9. The van der Waals surface area contributed by atoms with Crippen molar-refractivity contribution in [1.82, 2.24) is 4.90 Å². The van der Waals surface area contributed by atoms with Crippen molar-refractivity contribution in [2.75, 3.05) is 16.8 Å². The Kier molecular flexibility index (Phi) is 6.64. The number of nitrogens with zero attached hydrogens (tertiary/aromatic N) is 2. The van der Waals surface area contributed by atoms with Gasteiger partial charge in [-0.05, 0) is 94.8 Å². The van der Waals surface area contributed by atoms with Crippen LogP contribution in [0.2, 0.25) is 0 Å². The summed E-state index contributed by atoms with van der Waals surface area (Å²) < 4.78 is 0. The monoisotopic (exact) mass is 489 g/mol. The van der Waals surface area contributed by atoms with Gasteiger partial charge in [0, 0.05) is 23.0 Å². The van der Waals surface area contributed by atoms with Crippen LogP contribution in [0.4, 0.5) is 16.2 Å². The van der Waals surface area contributed by atoms with Crippen molar-refractivity contribution in [3.05, 3.63) is 70.1 Å². The molecule has 2 aliphatic rings. The largest absolute Gasteiger partial charge is 0.360 e. The Labute approximate surface area is 211 Å². The Bertz CT molecular complexity index is 1260. The number of hydrogen-bond acceptors (Lipinski definition) is 5. The highest BCUT2D eigenvalue weighted by atomic mass is 32.2. The van der Waals surface area contributed by atoms with Gasteiger partial charge in [0.05, 0.1) is 10.4 Å². The van der Waals surface area contributed by atoms with Crippen molar-refractivity contribution >= 4 is 51.8 Å². The number of benzene rings is 2. The summed E-state index contributed by atoms with van der Waals surface area (Å²) in [4.78, 5) is 41.6. The van der Waals surface area contributed by atoms with E-state index in [0.717, 1.165) is 39.0 Å². The molecule has 0 spiro atoms. The number of hydrogen-bond donors (Lipinski definition) is 1. The zero-order valence-electron chi connectivity index (χ0n) is 21.0. The van der Waals surface area contributed by atoms with E-state index in [1.807, 2.05) is 25.1 Å². The predicted molar refractivity (Wildman–Crippen MR) is 144 cm³/mol. The second kappa shape index (κ2) is 9.38. The molecule has 0 saturated carbocycles. The molecule has 182 valence electrons. The van der Waals surface area contributed by atoms with Gasteiger partial charge in [-0.25, -0.2) is 0 Å². The van der Waals surface area contributed by atoms with E-state index in [9.17, 15) is 14.4 Å². The van der Waals surface area contributed by atoms with Crippen LogP contribution in [0.15, 0.2) is 53.4 Å². The Balaban J connectivity index is 1.53. The third-order valence-electron chi connectivity index (χ3n) is 6.22. The number of fused-ring (bicyclic) bond motifs is 1. The van der Waals surface area contributed by atoms with Crippen molar-refractivity contribution < 1.29 is 14.4 Å². The van der Waals surface area contributed by atoms with Crippen LogP contribution in [0.25, 0.3) is 11.6 Å². The molecule has 0 atom stereocenters. The molecule has 1 fully saturated rings. The average Bonchev–Trinajstić information content (AvgIpc) is 3.02. The minimum Gasteiger partial charge on any atom is -0.360 e. The number of carbonyl (C=O) groups is 3. The molecule has 2 aromatic carbocycles. The Hall–Kier alpha value is -3.32. The van der Waals surface area contributed by atoms with Crippen LogP contribution < -0.4 is 10.2 Å². The SMILES string of the molecule is CC1=CC(C)(C)N(C(C)C)c2ccc(/C=C3\SC(=O)N(CC(=O)Nc4ccc(C)cc4)C3=O)cc21. The summed E-state index contributed by atoms with van der Waals surface area (Å²) in [6.45, 7) is 12.5. The fourth-order valence-electron chi connectivity index (χ4n) is 4.87. The molecule has 1 N–H and O–H groups in total. The van der Waals surface area contributed by atoms with Gasteiger partial charge < -0.3 is 10.2 Å². The van der Waals surface area contributed by atoms with Gasteiger partial charge in [-0.3, -0.25) is 19.3 Å². The number of aryl methyl sites for hydroxylation is 1. The highest BCUT2D eigenvalue weighted by molar-refractivity contribution is 8.18. The van der Waals surface area contributed by atoms with E-state index in [4.69, 9.17) is 0 Å². The van der Waals surface area contributed by atoms with E-state index >= 15 is 0 Å². The first kappa shape index (κ1) is 24.8. The number of anilines is 2. The van der Waals surface area contributed by atoms with Crippen molar-refractivity contribution in [2.24, 2.45) is 0 Å². The molecule has 0 radical (unpaired) electrons. The lowest BCUT2D eigenvalue weighted by molar-refractivity contribution is -0.127. The van der Waals surface area contributed by atoms with Crippen LogP contribution in [0.3, 0.4) is 0 Å². The molecule has 0 aromatic heterocycles. The maximum atomic E-state index is 12.9. The lowest BCUT2D eigenvalue weighted by atomic mass is 9.87. The topological polar surface area (TPSA) is 69.7 Å². The summed E-state index contributed by atoms with van der Waals surface area (Å²) in [5, 5.41) is 2.29. The zero-order valence-corrected chi connectivity index (χ0v) is 21.8. The van der Waals surface area contributed by atoms with Gasteiger partial charge in [-0.15, -0.1) is 0 Å². The number of carbonyl (C=O) groups excluding carboxylic acids is 3. The van der Waals surface area contributed by atoms with Crippen LogP contribution in [-0.4, -0.2) is 40.1 Å². The second-order valence-corrected chi connectivity index (χ2v) is 10.9. The van der Waals surface area contributed by atoms with Crippen LogP contribution in [0.5, 0.6) is 0 Å². The van der Waals surface area contributed by atoms with E-state index in [1.54, 1.807) is 18.2 Å². The summed E-state index contributed by atoms with van der Waals surface area (Å²) in [5.74, 6) is -0.864. The van der Waals surface area contributed by atoms with Crippen LogP contribution in [0, 0.1) is 6.92 Å². The number of amides is 3. The number of rotatable bonds is 5. The summed E-state index contributed by atoms with van der Waals surface area (Å²) in [6, 6.07) is 13.8. The maximum Gasteiger partial charge on any atom is 0.294 e. The third kappa shape index (κ3) is 5.05. The molecule has 0 unspecified atom stereocenters. The van der Waals surface area contributed by atoms with Crippen LogP contribution in [-0.2, 0) is 9.59 Å². The number of allylic oxidation sites excluding steroid dienone is 1. The van der Waals surface area contributed by atoms with Gasteiger partial charge in [0.2, 0.25) is 5.91 Å². The van der Waals surface area contributed by atoms with E-state index in [1.165, 1.54) is 5.57 Å². The first-order valence-electron chi connectivity index (χ1n) is 11.7. The standard InChI is InChI=1S/C28H31N3O3S/c1-17(2)31-23-12-9-20(13-22(23)19(4)15-28(31,5)6)14-24-26(33)30(27(34)35-24)16-25(32)29-21-10-7-18(3)8-11-21/h7-15,17H,16H2,1-6H3,(H,29,32)/b24-14-. The first-order chi connectivity index (χ1) is 16.5. The van der Waals surface area contributed by atoms with E-state index in [-0.39, 0.29) is 12.1 Å². The Morgan fingerprint density at radius 2 is 1.77 bits per heavy atom. The van der Waals surface area contributed by atoms with Crippen LogP contribution >= 0.6 is 11.8 Å². The summed E-state index contributed by atoms with van der Waals surface area (Å²) in [6.07, 6.45) is 4.00. The summed E-state index contributed by atoms with van der Waals surface area (Å²) in [7, 11) is 0. The molecule has 6 nitrogen and oxygen atoms in total. The molecule has 3 amide bonds. The number of imide groups is 1. The Morgan fingerprint density at radius 3 is 2.43 bits per heavy atom. The first-order valence-corrected chi connectivity index (χ1v) is 12.5. The summed E-state index contributed by atoms with van der Waals surface area (Å²) >= 11 is 0.864. The smallest absolute Gasteiger partial charge is 0.294 e. The molecule has 1 saturated heterocycles. The fourth-order valence-corrected chi connectivity index (χ4v) is 5.71.